The maximum absolute atomic E-state index is 11.0. The highest BCUT2D eigenvalue weighted by atomic mass is 79.9. The van der Waals surface area contributed by atoms with Crippen LogP contribution in [0.15, 0.2) is 22.7 Å². The molecule has 1 N–H and O–H groups in total. The summed E-state index contributed by atoms with van der Waals surface area (Å²) < 4.78 is 0.733. The van der Waals surface area contributed by atoms with Gasteiger partial charge in [-0.1, -0.05) is 15.9 Å². The van der Waals surface area contributed by atoms with Crippen LogP contribution in [0.5, 0.6) is 0 Å². The molecule has 0 aromatic heterocycles. The second-order valence-electron chi connectivity index (χ2n) is 4.19. The minimum atomic E-state index is -0.327. The fourth-order valence-electron chi connectivity index (χ4n) is 2.06. The van der Waals surface area contributed by atoms with Gasteiger partial charge in [-0.2, -0.15) is 0 Å². The van der Waals surface area contributed by atoms with Gasteiger partial charge in [0.15, 0.2) is 0 Å². The van der Waals surface area contributed by atoms with E-state index in [4.69, 9.17) is 0 Å². The van der Waals surface area contributed by atoms with Gasteiger partial charge >= 0.3 is 0 Å². The smallest absolute Gasteiger partial charge is 0.293 e. The molecule has 1 atom stereocenters. The fourth-order valence-corrected chi connectivity index (χ4v) is 2.41. The number of nitrogens with zero attached hydrogens (tertiary/aromatic N) is 2. The molecule has 1 saturated heterocycles. The predicted molar refractivity (Wildman–Crippen MR) is 70.5 cm³/mol. The van der Waals surface area contributed by atoms with Crippen molar-refractivity contribution in [2.45, 2.75) is 13.0 Å². The number of nitrogens with one attached hydrogen (secondary N) is 1. The van der Waals surface area contributed by atoms with Crippen molar-refractivity contribution < 1.29 is 4.92 Å². The van der Waals surface area contributed by atoms with Crippen molar-refractivity contribution in [2.24, 2.45) is 0 Å². The Morgan fingerprint density at radius 3 is 3.00 bits per heavy atom. The molecule has 0 amide bonds. The molecule has 2 rings (SSSR count). The number of hydrogen-bond acceptors (Lipinski definition) is 4. The van der Waals surface area contributed by atoms with Crippen LogP contribution in [0.2, 0.25) is 0 Å². The molecule has 0 aliphatic carbocycles. The van der Waals surface area contributed by atoms with Crippen LogP contribution in [0.1, 0.15) is 6.92 Å². The molecule has 1 heterocycles. The maximum Gasteiger partial charge on any atom is 0.293 e. The summed E-state index contributed by atoms with van der Waals surface area (Å²) in [6.45, 7) is 4.53. The van der Waals surface area contributed by atoms with Crippen LogP contribution < -0.4 is 10.2 Å². The first kappa shape index (κ1) is 12.3. The highest BCUT2D eigenvalue weighted by Crippen LogP contribution is 2.31. The molecular weight excluding hydrogens is 286 g/mol. The SMILES string of the molecule is CC1CN(c2ccc(Br)cc2[N+](=O)[O-])CCN1. The van der Waals surface area contributed by atoms with Gasteiger partial charge in [0.2, 0.25) is 0 Å². The summed E-state index contributed by atoms with van der Waals surface area (Å²) in [5.74, 6) is 0. The van der Waals surface area contributed by atoms with E-state index >= 15 is 0 Å². The molecular formula is C11H14BrN3O2. The Morgan fingerprint density at radius 2 is 2.35 bits per heavy atom. The van der Waals surface area contributed by atoms with Crippen LogP contribution in [0.4, 0.5) is 11.4 Å². The van der Waals surface area contributed by atoms with Gasteiger partial charge in [0.05, 0.1) is 4.92 Å². The molecule has 0 bridgehead atoms. The van der Waals surface area contributed by atoms with E-state index in [-0.39, 0.29) is 10.6 Å². The topological polar surface area (TPSA) is 58.4 Å². The second-order valence-corrected chi connectivity index (χ2v) is 5.11. The molecule has 0 saturated carbocycles. The summed E-state index contributed by atoms with van der Waals surface area (Å²) >= 11 is 3.27. The van der Waals surface area contributed by atoms with E-state index in [1.807, 2.05) is 6.07 Å². The zero-order chi connectivity index (χ0) is 12.4. The van der Waals surface area contributed by atoms with Crippen molar-refractivity contribution in [1.82, 2.24) is 5.32 Å². The Bertz CT molecular complexity index is 439. The quantitative estimate of drug-likeness (QED) is 0.671. The summed E-state index contributed by atoms with van der Waals surface area (Å²) in [6, 6.07) is 5.56. The third kappa shape index (κ3) is 2.76. The van der Waals surface area contributed by atoms with Gasteiger partial charge in [0.1, 0.15) is 5.69 Å². The molecule has 0 radical (unpaired) electrons. The van der Waals surface area contributed by atoms with Crippen molar-refractivity contribution in [1.29, 1.82) is 0 Å². The largest absolute Gasteiger partial charge is 0.363 e. The Morgan fingerprint density at radius 1 is 1.59 bits per heavy atom. The van der Waals surface area contributed by atoms with Gasteiger partial charge in [-0.3, -0.25) is 10.1 Å². The second kappa shape index (κ2) is 5.01. The Balaban J connectivity index is 2.33. The molecule has 1 aliphatic heterocycles. The van der Waals surface area contributed by atoms with E-state index < -0.39 is 0 Å². The number of nitro groups is 1. The van der Waals surface area contributed by atoms with Crippen LogP contribution in [0.3, 0.4) is 0 Å². The van der Waals surface area contributed by atoms with Gasteiger partial charge < -0.3 is 10.2 Å². The first-order valence-electron chi connectivity index (χ1n) is 5.50. The van der Waals surface area contributed by atoms with E-state index in [1.54, 1.807) is 12.1 Å². The predicted octanol–water partition coefficient (Wildman–Crippen LogP) is 2.16. The molecule has 1 aromatic carbocycles. The average Bonchev–Trinajstić information content (AvgIpc) is 2.28. The zero-order valence-corrected chi connectivity index (χ0v) is 11.1. The number of piperazine rings is 1. The lowest BCUT2D eigenvalue weighted by Crippen LogP contribution is -2.49. The minimum absolute atomic E-state index is 0.161. The van der Waals surface area contributed by atoms with Gasteiger partial charge in [-0.25, -0.2) is 0 Å². The molecule has 1 aliphatic rings. The van der Waals surface area contributed by atoms with Crippen molar-refractivity contribution in [3.05, 3.63) is 32.8 Å². The van der Waals surface area contributed by atoms with Gasteiger partial charge in [-0.05, 0) is 19.1 Å². The van der Waals surface area contributed by atoms with E-state index in [1.165, 1.54) is 0 Å². The maximum atomic E-state index is 11.0. The van der Waals surface area contributed by atoms with Gasteiger partial charge in [0.25, 0.3) is 5.69 Å². The lowest BCUT2D eigenvalue weighted by molar-refractivity contribution is -0.384. The number of nitro benzene ring substituents is 1. The summed E-state index contributed by atoms with van der Waals surface area (Å²) in [7, 11) is 0. The van der Waals surface area contributed by atoms with E-state index in [0.29, 0.717) is 11.7 Å². The summed E-state index contributed by atoms with van der Waals surface area (Å²) in [5.41, 5.74) is 0.861. The van der Waals surface area contributed by atoms with Crippen molar-refractivity contribution in [3.63, 3.8) is 0 Å². The Labute approximate surface area is 108 Å². The average molecular weight is 300 g/mol. The highest BCUT2D eigenvalue weighted by Gasteiger charge is 2.23. The highest BCUT2D eigenvalue weighted by molar-refractivity contribution is 9.10. The molecule has 17 heavy (non-hydrogen) atoms. The van der Waals surface area contributed by atoms with Crippen LogP contribution in [-0.4, -0.2) is 30.6 Å². The molecule has 1 aromatic rings. The molecule has 1 unspecified atom stereocenters. The lowest BCUT2D eigenvalue weighted by Gasteiger charge is -2.33. The van der Waals surface area contributed by atoms with Crippen molar-refractivity contribution in [2.75, 3.05) is 24.5 Å². The molecule has 92 valence electrons. The standard InChI is InChI=1S/C11H14BrN3O2/c1-8-7-14(5-4-13-8)10-3-2-9(12)6-11(10)15(16)17/h2-3,6,8,13H,4-5,7H2,1H3. The normalized spacial score (nSPS) is 20.4. The number of hydrogen-bond donors (Lipinski definition) is 1. The fraction of sp³-hybridized carbons (Fsp3) is 0.455. The van der Waals surface area contributed by atoms with Crippen LogP contribution >= 0.6 is 15.9 Å². The first-order chi connectivity index (χ1) is 8.08. The molecule has 1 fully saturated rings. The number of rotatable bonds is 2. The minimum Gasteiger partial charge on any atom is -0.363 e. The number of benzene rings is 1. The summed E-state index contributed by atoms with van der Waals surface area (Å²) in [5, 5.41) is 14.4. The van der Waals surface area contributed by atoms with Crippen LogP contribution in [-0.2, 0) is 0 Å². The van der Waals surface area contributed by atoms with E-state index in [0.717, 1.165) is 24.1 Å². The van der Waals surface area contributed by atoms with E-state index in [2.05, 4.69) is 33.1 Å². The summed E-state index contributed by atoms with van der Waals surface area (Å²) in [6.07, 6.45) is 0. The van der Waals surface area contributed by atoms with E-state index in [9.17, 15) is 10.1 Å². The van der Waals surface area contributed by atoms with Gasteiger partial charge in [-0.15, -0.1) is 0 Å². The third-order valence-corrected chi connectivity index (χ3v) is 3.34. The van der Waals surface area contributed by atoms with Crippen LogP contribution in [0.25, 0.3) is 0 Å². The summed E-state index contributed by atoms with van der Waals surface area (Å²) in [4.78, 5) is 12.8. The number of halogens is 1. The molecule has 0 spiro atoms. The first-order valence-corrected chi connectivity index (χ1v) is 6.29. The third-order valence-electron chi connectivity index (χ3n) is 2.84. The molecule has 6 heteroatoms. The van der Waals surface area contributed by atoms with Gasteiger partial charge in [0, 0.05) is 36.2 Å². The number of anilines is 1. The van der Waals surface area contributed by atoms with Crippen molar-refractivity contribution in [3.8, 4) is 0 Å². The zero-order valence-electron chi connectivity index (χ0n) is 9.52. The lowest BCUT2D eigenvalue weighted by atomic mass is 10.2. The molecule has 5 nitrogen and oxygen atoms in total. The van der Waals surface area contributed by atoms with Crippen LogP contribution in [0, 0.1) is 10.1 Å². The Hall–Kier alpha value is -1.14. The Kier molecular flexibility index (Phi) is 3.63. The van der Waals surface area contributed by atoms with Crippen molar-refractivity contribution >= 4 is 27.3 Å². The monoisotopic (exact) mass is 299 g/mol.